The number of anilines is 2. The smallest absolute Gasteiger partial charge is 0.292 e. The zero-order chi connectivity index (χ0) is 17.0. The van der Waals surface area contributed by atoms with Gasteiger partial charge in [0.05, 0.1) is 17.2 Å². The molecule has 0 atom stereocenters. The largest absolute Gasteiger partial charge is 0.360 e. The fourth-order valence-electron chi connectivity index (χ4n) is 2.20. The molecule has 1 amide bonds. The molecule has 0 radical (unpaired) electrons. The van der Waals surface area contributed by atoms with Crippen molar-refractivity contribution < 1.29 is 9.72 Å². The number of rotatable bonds is 6. The standard InChI is InChI=1S/C15H18N4O3S/c1-4-18(15-16-11(2)10-23-15)14(20)9-17(3)12-7-5-6-8-13(12)19(21)22/h5-8,10H,4,9H2,1-3H3. The normalized spacial score (nSPS) is 10.4. The van der Waals surface area contributed by atoms with Crippen LogP contribution in [0.4, 0.5) is 16.5 Å². The average Bonchev–Trinajstić information content (AvgIpc) is 2.94. The number of carbonyl (C=O) groups is 1. The van der Waals surface area contributed by atoms with Crippen molar-refractivity contribution in [2.75, 3.05) is 29.9 Å². The summed E-state index contributed by atoms with van der Waals surface area (Å²) in [4.78, 5) is 30.7. The Kier molecular flexibility index (Phi) is 5.28. The molecule has 0 saturated carbocycles. The molecular formula is C15H18N4O3S. The van der Waals surface area contributed by atoms with Gasteiger partial charge in [0.1, 0.15) is 5.69 Å². The number of amides is 1. The van der Waals surface area contributed by atoms with Crippen molar-refractivity contribution >= 4 is 33.8 Å². The van der Waals surface area contributed by atoms with E-state index in [4.69, 9.17) is 0 Å². The van der Waals surface area contributed by atoms with Gasteiger partial charge in [-0.15, -0.1) is 11.3 Å². The lowest BCUT2D eigenvalue weighted by molar-refractivity contribution is -0.384. The molecule has 7 nitrogen and oxygen atoms in total. The predicted octanol–water partition coefficient (Wildman–Crippen LogP) is 2.85. The molecule has 0 fully saturated rings. The van der Waals surface area contributed by atoms with Crippen molar-refractivity contribution in [1.29, 1.82) is 0 Å². The van der Waals surface area contributed by atoms with Crippen molar-refractivity contribution in [3.05, 3.63) is 45.5 Å². The Morgan fingerprint density at radius 1 is 1.39 bits per heavy atom. The van der Waals surface area contributed by atoms with E-state index in [0.29, 0.717) is 17.4 Å². The first kappa shape index (κ1) is 16.9. The highest BCUT2D eigenvalue weighted by Crippen LogP contribution is 2.27. The van der Waals surface area contributed by atoms with Crippen LogP contribution in [0, 0.1) is 17.0 Å². The number of aromatic nitrogens is 1. The number of nitro benzene ring substituents is 1. The number of likely N-dealkylation sites (N-methyl/N-ethyl adjacent to an activating group) is 2. The van der Waals surface area contributed by atoms with Gasteiger partial charge in [-0.05, 0) is 19.9 Å². The number of nitrogens with zero attached hydrogens (tertiary/aromatic N) is 4. The van der Waals surface area contributed by atoms with E-state index in [1.54, 1.807) is 35.0 Å². The van der Waals surface area contributed by atoms with Crippen LogP contribution in [-0.2, 0) is 4.79 Å². The van der Waals surface area contributed by atoms with Crippen molar-refractivity contribution in [3.63, 3.8) is 0 Å². The SMILES string of the molecule is CCN(C(=O)CN(C)c1ccccc1[N+](=O)[O-])c1nc(C)cs1. The van der Waals surface area contributed by atoms with E-state index in [9.17, 15) is 14.9 Å². The number of nitro groups is 1. The Hall–Kier alpha value is -2.48. The van der Waals surface area contributed by atoms with Crippen molar-refractivity contribution in [2.45, 2.75) is 13.8 Å². The maximum absolute atomic E-state index is 12.5. The van der Waals surface area contributed by atoms with Gasteiger partial charge in [0.2, 0.25) is 5.91 Å². The van der Waals surface area contributed by atoms with E-state index in [1.807, 2.05) is 19.2 Å². The first-order valence-electron chi connectivity index (χ1n) is 7.11. The van der Waals surface area contributed by atoms with E-state index < -0.39 is 4.92 Å². The van der Waals surface area contributed by atoms with Crippen LogP contribution in [0.25, 0.3) is 0 Å². The van der Waals surface area contributed by atoms with Crippen LogP contribution in [0.3, 0.4) is 0 Å². The van der Waals surface area contributed by atoms with Gasteiger partial charge in [-0.1, -0.05) is 12.1 Å². The molecule has 1 aromatic carbocycles. The summed E-state index contributed by atoms with van der Waals surface area (Å²) in [6, 6.07) is 6.38. The molecule has 122 valence electrons. The topological polar surface area (TPSA) is 79.6 Å². The Morgan fingerprint density at radius 3 is 2.65 bits per heavy atom. The molecule has 8 heteroatoms. The number of aryl methyl sites for hydroxylation is 1. The van der Waals surface area contributed by atoms with Crippen LogP contribution < -0.4 is 9.80 Å². The summed E-state index contributed by atoms with van der Waals surface area (Å²) in [7, 11) is 1.67. The van der Waals surface area contributed by atoms with Crippen LogP contribution in [0.2, 0.25) is 0 Å². The molecule has 2 rings (SSSR count). The molecule has 1 heterocycles. The van der Waals surface area contributed by atoms with Crippen LogP contribution in [0.15, 0.2) is 29.6 Å². The minimum absolute atomic E-state index is 0.0176. The molecule has 0 aliphatic carbocycles. The maximum Gasteiger partial charge on any atom is 0.292 e. The van der Waals surface area contributed by atoms with E-state index in [1.165, 1.54) is 17.4 Å². The Labute approximate surface area is 138 Å². The highest BCUT2D eigenvalue weighted by molar-refractivity contribution is 7.14. The third-order valence-electron chi connectivity index (χ3n) is 3.32. The monoisotopic (exact) mass is 334 g/mol. The molecule has 23 heavy (non-hydrogen) atoms. The number of benzene rings is 1. The molecule has 0 aliphatic rings. The van der Waals surface area contributed by atoms with Crippen LogP contribution >= 0.6 is 11.3 Å². The van der Waals surface area contributed by atoms with E-state index in [2.05, 4.69) is 4.98 Å². The Bertz CT molecular complexity index is 716. The van der Waals surface area contributed by atoms with E-state index in [-0.39, 0.29) is 18.1 Å². The van der Waals surface area contributed by atoms with Gasteiger partial charge in [-0.2, -0.15) is 0 Å². The highest BCUT2D eigenvalue weighted by Gasteiger charge is 2.22. The van der Waals surface area contributed by atoms with Crippen LogP contribution in [0.5, 0.6) is 0 Å². The van der Waals surface area contributed by atoms with Gasteiger partial charge in [-0.3, -0.25) is 19.8 Å². The van der Waals surface area contributed by atoms with Gasteiger partial charge in [-0.25, -0.2) is 4.98 Å². The fourth-order valence-corrected chi connectivity index (χ4v) is 3.08. The molecule has 0 spiro atoms. The number of hydrogen-bond donors (Lipinski definition) is 0. The van der Waals surface area contributed by atoms with Gasteiger partial charge in [0, 0.05) is 25.0 Å². The van der Waals surface area contributed by atoms with Crippen molar-refractivity contribution in [3.8, 4) is 0 Å². The molecule has 1 aromatic heterocycles. The molecule has 0 aliphatic heterocycles. The number of para-hydroxylation sites is 2. The third kappa shape index (κ3) is 3.84. The number of carbonyl (C=O) groups excluding carboxylic acids is 1. The fraction of sp³-hybridized carbons (Fsp3) is 0.333. The quantitative estimate of drug-likeness (QED) is 0.599. The van der Waals surface area contributed by atoms with Gasteiger partial charge in [0.25, 0.3) is 5.69 Å². The molecular weight excluding hydrogens is 316 g/mol. The number of hydrogen-bond acceptors (Lipinski definition) is 6. The van der Waals surface area contributed by atoms with Crippen molar-refractivity contribution in [1.82, 2.24) is 4.98 Å². The minimum atomic E-state index is -0.446. The first-order chi connectivity index (χ1) is 10.9. The zero-order valence-corrected chi connectivity index (χ0v) is 14.0. The molecule has 0 saturated heterocycles. The summed E-state index contributed by atoms with van der Waals surface area (Å²) >= 11 is 1.41. The number of thiazole rings is 1. The average molecular weight is 334 g/mol. The van der Waals surface area contributed by atoms with Gasteiger partial charge >= 0.3 is 0 Å². The van der Waals surface area contributed by atoms with E-state index in [0.717, 1.165) is 5.69 Å². The molecule has 0 unspecified atom stereocenters. The third-order valence-corrected chi connectivity index (χ3v) is 4.30. The lowest BCUT2D eigenvalue weighted by Crippen LogP contribution is -2.39. The second kappa shape index (κ2) is 7.19. The summed E-state index contributed by atoms with van der Waals surface area (Å²) < 4.78 is 0. The lowest BCUT2D eigenvalue weighted by Gasteiger charge is -2.23. The summed E-state index contributed by atoms with van der Waals surface area (Å²) in [6.45, 7) is 4.28. The second-order valence-electron chi connectivity index (χ2n) is 5.01. The Morgan fingerprint density at radius 2 is 2.09 bits per heavy atom. The summed E-state index contributed by atoms with van der Waals surface area (Å²) in [5, 5.41) is 13.6. The van der Waals surface area contributed by atoms with Crippen LogP contribution in [0.1, 0.15) is 12.6 Å². The first-order valence-corrected chi connectivity index (χ1v) is 7.99. The van der Waals surface area contributed by atoms with Crippen LogP contribution in [-0.4, -0.2) is 36.0 Å². The summed E-state index contributed by atoms with van der Waals surface area (Å²) in [5.74, 6) is -0.150. The molecule has 0 bridgehead atoms. The second-order valence-corrected chi connectivity index (χ2v) is 5.85. The highest BCUT2D eigenvalue weighted by atomic mass is 32.1. The van der Waals surface area contributed by atoms with E-state index >= 15 is 0 Å². The predicted molar refractivity (Wildman–Crippen MR) is 91.2 cm³/mol. The lowest BCUT2D eigenvalue weighted by atomic mass is 10.2. The summed E-state index contributed by atoms with van der Waals surface area (Å²) in [5.41, 5.74) is 1.26. The maximum atomic E-state index is 12.5. The Balaban J connectivity index is 2.17. The zero-order valence-electron chi connectivity index (χ0n) is 13.2. The minimum Gasteiger partial charge on any atom is -0.360 e. The van der Waals surface area contributed by atoms with Gasteiger partial charge in [0.15, 0.2) is 5.13 Å². The molecule has 2 aromatic rings. The van der Waals surface area contributed by atoms with Gasteiger partial charge < -0.3 is 4.90 Å². The molecule has 0 N–H and O–H groups in total. The van der Waals surface area contributed by atoms with Crippen molar-refractivity contribution in [2.24, 2.45) is 0 Å². The summed E-state index contributed by atoms with van der Waals surface area (Å²) in [6.07, 6.45) is 0.